The Morgan fingerprint density at radius 1 is 0.327 bits per heavy atom. The molecule has 0 heterocycles. The van der Waals surface area contributed by atoms with Crippen LogP contribution in [-0.4, -0.2) is 93.4 Å². The molecule has 0 spiro atoms. The first-order chi connectivity index (χ1) is 21.0. The third kappa shape index (κ3) is 7.47. The molecule has 296 valence electrons. The SMILES string of the molecule is CCO[Si](CCC(F)(F)C(F)(F)C(F)(F)C(F)(F)C(F)(F)C(F)(F)F)(CCC(F)(F)C(F)(F)C(F)(F)C(F)(F)C(F)(F)C(F)(F)F)OCC. The zero-order chi connectivity index (χ0) is 40.2. The lowest BCUT2D eigenvalue weighted by Crippen LogP contribution is -2.70. The Morgan fingerprint density at radius 3 is 0.714 bits per heavy atom. The lowest BCUT2D eigenvalue weighted by atomic mass is 9.93. The summed E-state index contributed by atoms with van der Waals surface area (Å²) < 4.78 is 357. The summed E-state index contributed by atoms with van der Waals surface area (Å²) in [5.41, 5.74) is 0. The van der Waals surface area contributed by atoms with Gasteiger partial charge in [-0.05, 0) is 25.9 Å². The molecular weight excluding hydrogens is 794 g/mol. The van der Waals surface area contributed by atoms with Crippen LogP contribution in [-0.2, 0) is 8.85 Å². The highest BCUT2D eigenvalue weighted by atomic mass is 28.4. The molecule has 0 fully saturated rings. The molecule has 0 amide bonds. The Labute approximate surface area is 256 Å². The minimum Gasteiger partial charge on any atom is -0.394 e. The average Bonchev–Trinajstić information content (AvgIpc) is 2.89. The Hall–Kier alpha value is -1.68. The summed E-state index contributed by atoms with van der Waals surface area (Å²) >= 11 is 0. The van der Waals surface area contributed by atoms with Gasteiger partial charge in [-0.3, -0.25) is 0 Å². The maximum atomic E-state index is 14.3. The van der Waals surface area contributed by atoms with E-state index >= 15 is 0 Å². The quantitative estimate of drug-likeness (QED) is 0.101. The molecule has 0 unspecified atom stereocenters. The van der Waals surface area contributed by atoms with E-state index in [1.165, 1.54) is 0 Å². The van der Waals surface area contributed by atoms with Crippen molar-refractivity contribution in [3.8, 4) is 0 Å². The van der Waals surface area contributed by atoms with Crippen LogP contribution >= 0.6 is 0 Å². The fraction of sp³-hybridized carbons (Fsp3) is 1.00. The molecule has 2 nitrogen and oxygen atoms in total. The van der Waals surface area contributed by atoms with Crippen LogP contribution in [0.2, 0.25) is 12.1 Å². The van der Waals surface area contributed by atoms with Gasteiger partial charge in [0.05, 0.1) is 0 Å². The van der Waals surface area contributed by atoms with Gasteiger partial charge in [0.1, 0.15) is 0 Å². The zero-order valence-electron chi connectivity index (χ0n) is 23.4. The van der Waals surface area contributed by atoms with Crippen molar-refractivity contribution in [2.24, 2.45) is 0 Å². The second-order valence-electron chi connectivity index (χ2n) is 9.78. The van der Waals surface area contributed by atoms with Gasteiger partial charge in [0.15, 0.2) is 0 Å². The Bertz CT molecular complexity index is 1020. The predicted octanol–water partition coefficient (Wildman–Crippen LogP) is 10.8. The summed E-state index contributed by atoms with van der Waals surface area (Å²) in [4.78, 5) is 0. The topological polar surface area (TPSA) is 18.5 Å². The van der Waals surface area contributed by atoms with Crippen LogP contribution in [0.25, 0.3) is 0 Å². The molecule has 0 saturated carbocycles. The highest BCUT2D eigenvalue weighted by molar-refractivity contribution is 6.67. The molecule has 0 aliphatic rings. The van der Waals surface area contributed by atoms with E-state index in [1.807, 2.05) is 0 Å². The van der Waals surface area contributed by atoms with Gasteiger partial charge in [0, 0.05) is 26.1 Å². The van der Waals surface area contributed by atoms with Crippen LogP contribution in [0.5, 0.6) is 0 Å². The smallest absolute Gasteiger partial charge is 0.394 e. The first kappa shape index (κ1) is 47.3. The Kier molecular flexibility index (Phi) is 12.9. The van der Waals surface area contributed by atoms with E-state index in [0.29, 0.717) is 13.8 Å². The molecule has 0 atom stereocenters. The molecule has 0 N–H and O–H groups in total. The molecule has 0 aromatic heterocycles. The second kappa shape index (κ2) is 13.4. The summed E-state index contributed by atoms with van der Waals surface area (Å²) in [7, 11) is -5.66. The molecule has 0 aromatic rings. The van der Waals surface area contributed by atoms with Crippen molar-refractivity contribution in [3.63, 3.8) is 0 Å². The van der Waals surface area contributed by atoms with Gasteiger partial charge < -0.3 is 8.85 Å². The van der Waals surface area contributed by atoms with Crippen LogP contribution in [0.4, 0.5) is 114 Å². The van der Waals surface area contributed by atoms with Gasteiger partial charge in [0.2, 0.25) is 0 Å². The summed E-state index contributed by atoms with van der Waals surface area (Å²) in [6.45, 7) is -0.896. The highest BCUT2D eigenvalue weighted by Crippen LogP contribution is 2.63. The van der Waals surface area contributed by atoms with Crippen LogP contribution < -0.4 is 0 Å². The van der Waals surface area contributed by atoms with E-state index in [1.54, 1.807) is 0 Å². The van der Waals surface area contributed by atoms with E-state index in [4.69, 9.17) is 0 Å². The molecule has 29 heteroatoms. The van der Waals surface area contributed by atoms with Crippen molar-refractivity contribution in [1.29, 1.82) is 0 Å². The zero-order valence-corrected chi connectivity index (χ0v) is 24.4. The third-order valence-electron chi connectivity index (χ3n) is 6.45. The van der Waals surface area contributed by atoms with Crippen molar-refractivity contribution in [1.82, 2.24) is 0 Å². The average molecular weight is 812 g/mol. The standard InChI is InChI=1S/C20H18F26O2Si/c1-3-47-49(48-4-2,7-5-9(21,22)11(25,26)13(29,30)15(33,34)17(37,38)19(41,42)43)8-6-10(23,24)12(27,28)14(31,32)16(35,36)18(39,40)20(44,45)46/h3-8H2,1-2H3. The third-order valence-corrected chi connectivity index (χ3v) is 10.1. The fourth-order valence-corrected chi connectivity index (χ4v) is 6.95. The summed E-state index contributed by atoms with van der Waals surface area (Å²) in [5, 5.41) is 0. The summed E-state index contributed by atoms with van der Waals surface area (Å²) in [6.07, 6.45) is -22.1. The van der Waals surface area contributed by atoms with Crippen LogP contribution in [0.1, 0.15) is 26.7 Å². The van der Waals surface area contributed by atoms with E-state index in [9.17, 15) is 114 Å². The van der Waals surface area contributed by atoms with E-state index in [0.717, 1.165) is 0 Å². The molecule has 0 aliphatic heterocycles. The maximum absolute atomic E-state index is 14.3. The number of hydrogen-bond acceptors (Lipinski definition) is 2. The van der Waals surface area contributed by atoms with Crippen molar-refractivity contribution < 1.29 is 123 Å². The molecule has 0 rings (SSSR count). The Morgan fingerprint density at radius 2 is 0.531 bits per heavy atom. The first-order valence-corrected chi connectivity index (χ1v) is 14.5. The number of alkyl halides is 26. The van der Waals surface area contributed by atoms with Gasteiger partial charge in [-0.2, -0.15) is 114 Å². The predicted molar refractivity (Wildman–Crippen MR) is 109 cm³/mol. The largest absolute Gasteiger partial charge is 0.460 e. The summed E-state index contributed by atoms with van der Waals surface area (Å²) in [6, 6.07) is -4.73. The first-order valence-electron chi connectivity index (χ1n) is 12.2. The van der Waals surface area contributed by atoms with Crippen LogP contribution in [0.3, 0.4) is 0 Å². The second-order valence-corrected chi connectivity index (χ2v) is 13.2. The van der Waals surface area contributed by atoms with Crippen LogP contribution in [0, 0.1) is 0 Å². The number of halogens is 26. The lowest BCUT2D eigenvalue weighted by Gasteiger charge is -2.41. The fourth-order valence-electron chi connectivity index (χ4n) is 3.59. The van der Waals surface area contributed by atoms with Crippen LogP contribution in [0.15, 0.2) is 0 Å². The normalized spacial score (nSPS) is 16.4. The van der Waals surface area contributed by atoms with Crippen molar-refractivity contribution in [3.05, 3.63) is 0 Å². The minimum atomic E-state index is -8.37. The summed E-state index contributed by atoms with van der Waals surface area (Å²) in [5.74, 6) is -79.5. The minimum absolute atomic E-state index is 0.683. The molecule has 0 aliphatic carbocycles. The number of rotatable bonds is 18. The van der Waals surface area contributed by atoms with E-state index < -0.39 is 118 Å². The highest BCUT2D eigenvalue weighted by Gasteiger charge is 2.92. The monoisotopic (exact) mass is 812 g/mol. The van der Waals surface area contributed by atoms with Gasteiger partial charge >= 0.3 is 80.1 Å². The molecule has 0 aromatic carbocycles. The molecule has 0 bridgehead atoms. The molecule has 0 radical (unpaired) electrons. The van der Waals surface area contributed by atoms with Gasteiger partial charge in [-0.1, -0.05) is 0 Å². The molecular formula is C20H18F26O2Si. The van der Waals surface area contributed by atoms with Gasteiger partial charge in [-0.25, -0.2) is 0 Å². The van der Waals surface area contributed by atoms with E-state index in [2.05, 4.69) is 8.85 Å². The van der Waals surface area contributed by atoms with E-state index in [-0.39, 0.29) is 0 Å². The molecule has 49 heavy (non-hydrogen) atoms. The van der Waals surface area contributed by atoms with Crippen molar-refractivity contribution >= 4 is 8.56 Å². The molecule has 0 saturated heterocycles. The lowest BCUT2D eigenvalue weighted by molar-refractivity contribution is -0.440. The maximum Gasteiger partial charge on any atom is 0.460 e. The van der Waals surface area contributed by atoms with Crippen molar-refractivity contribution in [2.75, 3.05) is 13.2 Å². The Balaban J connectivity index is 6.76. The van der Waals surface area contributed by atoms with Gasteiger partial charge in [-0.15, -0.1) is 0 Å². The van der Waals surface area contributed by atoms with Crippen molar-refractivity contribution in [2.45, 2.75) is 110 Å². The number of hydrogen-bond donors (Lipinski definition) is 0. The van der Waals surface area contributed by atoms with Gasteiger partial charge in [0.25, 0.3) is 0 Å².